The molecule has 7 heteroatoms. The van der Waals surface area contributed by atoms with Crippen molar-refractivity contribution in [1.29, 1.82) is 0 Å². The summed E-state index contributed by atoms with van der Waals surface area (Å²) >= 11 is 1.28. The van der Waals surface area contributed by atoms with Crippen molar-refractivity contribution in [2.45, 2.75) is 26.8 Å². The van der Waals surface area contributed by atoms with Gasteiger partial charge < -0.3 is 18.2 Å². The fourth-order valence-electron chi connectivity index (χ4n) is 2.97. The van der Waals surface area contributed by atoms with E-state index in [1.165, 1.54) is 19.2 Å². The van der Waals surface area contributed by atoms with Gasteiger partial charge in [-0.3, -0.25) is 4.79 Å². The third kappa shape index (κ3) is 3.88. The van der Waals surface area contributed by atoms with Crippen LogP contribution in [0.15, 0.2) is 23.1 Å². The number of esters is 1. The van der Waals surface area contributed by atoms with Crippen LogP contribution in [0.3, 0.4) is 0 Å². The molecule has 26 heavy (non-hydrogen) atoms. The second kappa shape index (κ2) is 8.60. The predicted molar refractivity (Wildman–Crippen MR) is 104 cm³/mol. The summed E-state index contributed by atoms with van der Waals surface area (Å²) in [6, 6.07) is 3.52. The summed E-state index contributed by atoms with van der Waals surface area (Å²) in [7, 11) is 2.86. The fourth-order valence-corrected chi connectivity index (χ4v) is 3.24. The number of aryl methyl sites for hydroxylation is 1. The molecule has 142 valence electrons. The van der Waals surface area contributed by atoms with Crippen molar-refractivity contribution in [3.63, 3.8) is 0 Å². The van der Waals surface area contributed by atoms with E-state index in [2.05, 4.69) is 13.8 Å². The number of hydrogen-bond donors (Lipinski definition) is 0. The molecule has 0 saturated heterocycles. The molecule has 6 nitrogen and oxygen atoms in total. The Labute approximate surface area is 157 Å². The van der Waals surface area contributed by atoms with Crippen LogP contribution in [-0.2, 0) is 8.92 Å². The van der Waals surface area contributed by atoms with E-state index in [0.29, 0.717) is 23.3 Å². The van der Waals surface area contributed by atoms with Crippen molar-refractivity contribution in [2.75, 3.05) is 27.1 Å². The van der Waals surface area contributed by atoms with Crippen LogP contribution in [0.5, 0.6) is 5.75 Å². The van der Waals surface area contributed by atoms with E-state index in [0.717, 1.165) is 5.56 Å². The zero-order valence-corrected chi connectivity index (χ0v) is 16.8. The van der Waals surface area contributed by atoms with Gasteiger partial charge in [-0.15, -0.1) is 0 Å². The molecule has 0 radical (unpaired) electrons. The van der Waals surface area contributed by atoms with Gasteiger partial charge in [-0.25, -0.2) is 4.79 Å². The van der Waals surface area contributed by atoms with Crippen molar-refractivity contribution < 1.29 is 18.5 Å². The van der Waals surface area contributed by atoms with Gasteiger partial charge in [0, 0.05) is 23.9 Å². The average Bonchev–Trinajstić information content (AvgIpc) is 2.62. The third-order valence-electron chi connectivity index (χ3n) is 4.44. The van der Waals surface area contributed by atoms with E-state index in [-0.39, 0.29) is 23.0 Å². The number of aromatic nitrogens is 1. The molecule has 1 aromatic heterocycles. The minimum absolute atomic E-state index is 0.0133. The molecular formula is C19H25NO5S. The second-order valence-corrected chi connectivity index (χ2v) is 6.94. The molecule has 0 fully saturated rings. The Morgan fingerprint density at radius 2 is 1.96 bits per heavy atom. The molecular weight excluding hydrogens is 354 g/mol. The number of hydrogen-bond acceptors (Lipinski definition) is 6. The van der Waals surface area contributed by atoms with Crippen LogP contribution >= 0.6 is 12.0 Å². The van der Waals surface area contributed by atoms with Crippen molar-refractivity contribution in [1.82, 2.24) is 4.57 Å². The number of methoxy groups -OCH3 is 2. The predicted octanol–water partition coefficient (Wildman–Crippen LogP) is 3.60. The fraction of sp³-hybridized carbons (Fsp3) is 0.474. The first-order chi connectivity index (χ1) is 12.3. The summed E-state index contributed by atoms with van der Waals surface area (Å²) in [6.45, 7) is 6.44. The van der Waals surface area contributed by atoms with Crippen LogP contribution in [-0.4, -0.2) is 37.6 Å². The highest BCUT2D eigenvalue weighted by Crippen LogP contribution is 2.29. The summed E-state index contributed by atoms with van der Waals surface area (Å²) in [5.41, 5.74) is 1.20. The third-order valence-corrected chi connectivity index (χ3v) is 4.81. The molecule has 0 amide bonds. The molecule has 0 bridgehead atoms. The van der Waals surface area contributed by atoms with E-state index < -0.39 is 5.97 Å². The van der Waals surface area contributed by atoms with Gasteiger partial charge in [0.25, 0.3) is 0 Å². The molecule has 1 aromatic carbocycles. The number of ether oxygens (including phenoxy) is 2. The number of carbonyl (C=O) groups is 1. The molecule has 1 heterocycles. The zero-order valence-electron chi connectivity index (χ0n) is 16.0. The second-order valence-electron chi connectivity index (χ2n) is 6.37. The van der Waals surface area contributed by atoms with Gasteiger partial charge in [-0.2, -0.15) is 0 Å². The number of pyridine rings is 1. The summed E-state index contributed by atoms with van der Waals surface area (Å²) < 4.78 is 17.7. The van der Waals surface area contributed by atoms with Crippen LogP contribution in [0, 0.1) is 12.8 Å². The highest BCUT2D eigenvalue weighted by Gasteiger charge is 2.23. The lowest BCUT2D eigenvalue weighted by Crippen LogP contribution is -2.26. The van der Waals surface area contributed by atoms with Crippen LogP contribution in [0.1, 0.15) is 35.8 Å². The van der Waals surface area contributed by atoms with E-state index in [4.69, 9.17) is 13.7 Å². The normalized spacial score (nSPS) is 12.4. The lowest BCUT2D eigenvalue weighted by atomic mass is 10.0. The molecule has 0 N–H and O–H groups in total. The van der Waals surface area contributed by atoms with Crippen LogP contribution in [0.2, 0.25) is 0 Å². The molecule has 0 saturated carbocycles. The Hall–Kier alpha value is -1.99. The molecule has 2 aromatic rings. The molecule has 2 rings (SSSR count). The summed E-state index contributed by atoms with van der Waals surface area (Å²) in [5.74, 6) is 0.253. The van der Waals surface area contributed by atoms with E-state index >= 15 is 0 Å². The Morgan fingerprint density at radius 3 is 2.50 bits per heavy atom. The number of nitrogens with zero attached hydrogens (tertiary/aromatic N) is 1. The van der Waals surface area contributed by atoms with Crippen molar-refractivity contribution in [2.24, 2.45) is 5.92 Å². The first-order valence-electron chi connectivity index (χ1n) is 8.33. The lowest BCUT2D eigenvalue weighted by molar-refractivity contribution is 0.0598. The number of benzene rings is 1. The van der Waals surface area contributed by atoms with E-state index in [9.17, 15) is 9.59 Å². The highest BCUT2D eigenvalue weighted by atomic mass is 32.2. The average molecular weight is 379 g/mol. The summed E-state index contributed by atoms with van der Waals surface area (Å²) in [4.78, 5) is 25.0. The van der Waals surface area contributed by atoms with Gasteiger partial charge >= 0.3 is 5.97 Å². The van der Waals surface area contributed by atoms with Crippen molar-refractivity contribution in [3.05, 3.63) is 39.7 Å². The Balaban J connectivity index is 2.86. The maximum atomic E-state index is 12.8. The van der Waals surface area contributed by atoms with Crippen LogP contribution < -0.4 is 10.2 Å². The number of carbonyl (C=O) groups excluding carboxylic acids is 1. The SMILES string of the molecule is COC(=O)c1cn([C@H](COSC)C(C)C)c2cc(OC)c(C)cc2c1=O. The standard InChI is InChI=1S/C19H25NO5S/c1-11(2)16(10-25-26-6)20-9-14(19(22)24-5)18(21)13-7-12(3)17(23-4)8-15(13)20/h7-9,11,16H,10H2,1-6H3/t16-/m1/s1. The topological polar surface area (TPSA) is 66.8 Å². The van der Waals surface area contributed by atoms with Gasteiger partial charge in [-0.1, -0.05) is 13.8 Å². The minimum atomic E-state index is -0.646. The van der Waals surface area contributed by atoms with E-state index in [1.54, 1.807) is 19.4 Å². The number of fused-ring (bicyclic) bond motifs is 1. The quantitative estimate of drug-likeness (QED) is 0.541. The van der Waals surface area contributed by atoms with Crippen LogP contribution in [0.25, 0.3) is 10.9 Å². The van der Waals surface area contributed by atoms with Gasteiger partial charge in [0.1, 0.15) is 11.3 Å². The van der Waals surface area contributed by atoms with Crippen molar-refractivity contribution >= 4 is 28.9 Å². The molecule has 0 aliphatic heterocycles. The Bertz CT molecular complexity index is 859. The molecule has 0 spiro atoms. The van der Waals surface area contributed by atoms with Gasteiger partial charge in [0.05, 0.1) is 32.4 Å². The molecule has 0 aliphatic carbocycles. The van der Waals surface area contributed by atoms with Gasteiger partial charge in [0.15, 0.2) is 0 Å². The zero-order chi connectivity index (χ0) is 19.4. The first-order valence-corrected chi connectivity index (χ1v) is 9.48. The smallest absolute Gasteiger partial charge is 0.343 e. The van der Waals surface area contributed by atoms with E-state index in [1.807, 2.05) is 23.8 Å². The summed E-state index contributed by atoms with van der Waals surface area (Å²) in [6.07, 6.45) is 3.42. The monoisotopic (exact) mass is 379 g/mol. The van der Waals surface area contributed by atoms with Crippen LogP contribution in [0.4, 0.5) is 0 Å². The van der Waals surface area contributed by atoms with Gasteiger partial charge in [-0.05, 0) is 36.5 Å². The van der Waals surface area contributed by atoms with Gasteiger partial charge in [0.2, 0.25) is 5.43 Å². The number of rotatable bonds is 7. The maximum absolute atomic E-state index is 12.8. The molecule has 0 aliphatic rings. The molecule has 0 unspecified atom stereocenters. The Morgan fingerprint density at radius 1 is 1.27 bits per heavy atom. The van der Waals surface area contributed by atoms with Crippen molar-refractivity contribution in [3.8, 4) is 5.75 Å². The first kappa shape index (κ1) is 20.3. The minimum Gasteiger partial charge on any atom is -0.496 e. The Kier molecular flexibility index (Phi) is 6.72. The maximum Gasteiger partial charge on any atom is 0.343 e. The molecule has 1 atom stereocenters. The summed E-state index contributed by atoms with van der Waals surface area (Å²) in [5, 5.41) is 0.459. The largest absolute Gasteiger partial charge is 0.496 e. The lowest BCUT2D eigenvalue weighted by Gasteiger charge is -2.26. The highest BCUT2D eigenvalue weighted by molar-refractivity contribution is 7.93.